The Morgan fingerprint density at radius 3 is 2.50 bits per heavy atom. The van der Waals surface area contributed by atoms with Crippen molar-refractivity contribution in [1.29, 1.82) is 5.26 Å². The van der Waals surface area contributed by atoms with Gasteiger partial charge in [0.2, 0.25) is 0 Å². The highest BCUT2D eigenvalue weighted by atomic mass is 16.5. The van der Waals surface area contributed by atoms with Crippen LogP contribution in [0.25, 0.3) is 0 Å². The molecule has 0 bridgehead atoms. The van der Waals surface area contributed by atoms with Gasteiger partial charge < -0.3 is 14.4 Å². The SMILES string of the molecule is CCOc1ccccc1OCCN(C)C(=O)c1cccc(C#N)c1. The number of ether oxygens (including phenoxy) is 2. The van der Waals surface area contributed by atoms with E-state index in [0.717, 1.165) is 0 Å². The van der Waals surface area contributed by atoms with Crippen molar-refractivity contribution in [3.8, 4) is 17.6 Å². The molecule has 2 rings (SSSR count). The molecule has 5 heteroatoms. The fourth-order valence-electron chi connectivity index (χ4n) is 2.18. The first-order chi connectivity index (χ1) is 11.7. The Morgan fingerprint density at radius 1 is 1.12 bits per heavy atom. The van der Waals surface area contributed by atoms with Gasteiger partial charge in [0.1, 0.15) is 6.61 Å². The number of para-hydroxylation sites is 2. The second kappa shape index (κ2) is 8.59. The summed E-state index contributed by atoms with van der Waals surface area (Å²) in [5, 5.41) is 8.91. The topological polar surface area (TPSA) is 62.6 Å². The van der Waals surface area contributed by atoms with Gasteiger partial charge in [-0.15, -0.1) is 0 Å². The molecule has 0 aliphatic carbocycles. The van der Waals surface area contributed by atoms with Crippen LogP contribution in [0.2, 0.25) is 0 Å². The molecule has 0 atom stereocenters. The molecule has 0 saturated carbocycles. The summed E-state index contributed by atoms with van der Waals surface area (Å²) in [7, 11) is 1.71. The largest absolute Gasteiger partial charge is 0.490 e. The van der Waals surface area contributed by atoms with Gasteiger partial charge in [-0.3, -0.25) is 4.79 Å². The van der Waals surface area contributed by atoms with Gasteiger partial charge in [0.15, 0.2) is 11.5 Å². The minimum Gasteiger partial charge on any atom is -0.490 e. The van der Waals surface area contributed by atoms with Gasteiger partial charge in [-0.25, -0.2) is 0 Å². The molecule has 0 aliphatic rings. The van der Waals surface area contributed by atoms with Crippen molar-refractivity contribution in [2.24, 2.45) is 0 Å². The highest BCUT2D eigenvalue weighted by Gasteiger charge is 2.12. The van der Waals surface area contributed by atoms with E-state index in [1.165, 1.54) is 0 Å². The van der Waals surface area contributed by atoms with Crippen LogP contribution in [0.15, 0.2) is 48.5 Å². The van der Waals surface area contributed by atoms with Gasteiger partial charge in [0, 0.05) is 12.6 Å². The molecule has 0 fully saturated rings. The molecule has 0 heterocycles. The maximum absolute atomic E-state index is 12.4. The van der Waals surface area contributed by atoms with Gasteiger partial charge in [-0.05, 0) is 37.3 Å². The predicted molar refractivity (Wildman–Crippen MR) is 91.2 cm³/mol. The fraction of sp³-hybridized carbons (Fsp3) is 0.263. The summed E-state index contributed by atoms with van der Waals surface area (Å²) < 4.78 is 11.2. The Morgan fingerprint density at radius 2 is 1.83 bits per heavy atom. The van der Waals surface area contributed by atoms with Gasteiger partial charge >= 0.3 is 0 Å². The van der Waals surface area contributed by atoms with Crippen molar-refractivity contribution >= 4 is 5.91 Å². The molecular formula is C19H20N2O3. The van der Waals surface area contributed by atoms with Crippen LogP contribution in [0, 0.1) is 11.3 Å². The lowest BCUT2D eigenvalue weighted by atomic mass is 10.1. The number of amides is 1. The molecule has 0 aliphatic heterocycles. The lowest BCUT2D eigenvalue weighted by molar-refractivity contribution is 0.0773. The van der Waals surface area contributed by atoms with E-state index in [-0.39, 0.29) is 5.91 Å². The number of nitriles is 1. The fourth-order valence-corrected chi connectivity index (χ4v) is 2.18. The third-order valence-electron chi connectivity index (χ3n) is 3.42. The summed E-state index contributed by atoms with van der Waals surface area (Å²) in [6.45, 7) is 3.26. The molecule has 5 nitrogen and oxygen atoms in total. The molecule has 0 spiro atoms. The Bertz CT molecular complexity index is 737. The zero-order chi connectivity index (χ0) is 17.4. The summed E-state index contributed by atoms with van der Waals surface area (Å²) in [4.78, 5) is 13.9. The third-order valence-corrected chi connectivity index (χ3v) is 3.42. The maximum atomic E-state index is 12.4. The predicted octanol–water partition coefficient (Wildman–Crippen LogP) is 3.11. The van der Waals surface area contributed by atoms with Crippen LogP contribution in [0.3, 0.4) is 0 Å². The highest BCUT2D eigenvalue weighted by Crippen LogP contribution is 2.26. The number of likely N-dealkylation sites (N-methyl/N-ethyl adjacent to an activating group) is 1. The van der Waals surface area contributed by atoms with E-state index in [4.69, 9.17) is 14.7 Å². The number of hydrogen-bond donors (Lipinski definition) is 0. The van der Waals surface area contributed by atoms with Crippen molar-refractivity contribution < 1.29 is 14.3 Å². The summed E-state index contributed by atoms with van der Waals surface area (Å²) in [6.07, 6.45) is 0. The normalized spacial score (nSPS) is 9.88. The molecule has 24 heavy (non-hydrogen) atoms. The average Bonchev–Trinajstić information content (AvgIpc) is 2.62. The molecule has 2 aromatic carbocycles. The number of rotatable bonds is 7. The van der Waals surface area contributed by atoms with Crippen molar-refractivity contribution in [2.45, 2.75) is 6.92 Å². The van der Waals surface area contributed by atoms with Crippen LogP contribution in [0.1, 0.15) is 22.8 Å². The standard InChI is InChI=1S/C19H20N2O3/c1-3-23-17-9-4-5-10-18(17)24-12-11-21(2)19(22)16-8-6-7-15(13-16)14-20/h4-10,13H,3,11-12H2,1-2H3. The van der Waals surface area contributed by atoms with Crippen molar-refractivity contribution in [3.63, 3.8) is 0 Å². The van der Waals surface area contributed by atoms with E-state index in [1.807, 2.05) is 37.3 Å². The van der Waals surface area contributed by atoms with Crippen molar-refractivity contribution in [2.75, 3.05) is 26.8 Å². The van der Waals surface area contributed by atoms with E-state index in [1.54, 1.807) is 36.2 Å². The Kier molecular flexibility index (Phi) is 6.21. The number of hydrogen-bond acceptors (Lipinski definition) is 4. The van der Waals surface area contributed by atoms with Crippen LogP contribution in [0.4, 0.5) is 0 Å². The van der Waals surface area contributed by atoms with Gasteiger partial charge in [-0.2, -0.15) is 5.26 Å². The number of carbonyl (C=O) groups is 1. The lowest BCUT2D eigenvalue weighted by Gasteiger charge is -2.18. The Hall–Kier alpha value is -3.00. The smallest absolute Gasteiger partial charge is 0.253 e. The Labute approximate surface area is 142 Å². The first kappa shape index (κ1) is 17.4. The van der Waals surface area contributed by atoms with Gasteiger partial charge in [0.25, 0.3) is 5.91 Å². The maximum Gasteiger partial charge on any atom is 0.253 e. The van der Waals surface area contributed by atoms with Gasteiger partial charge in [-0.1, -0.05) is 18.2 Å². The minimum atomic E-state index is -0.145. The van der Waals surface area contributed by atoms with Crippen LogP contribution in [0.5, 0.6) is 11.5 Å². The van der Waals surface area contributed by atoms with E-state index < -0.39 is 0 Å². The van der Waals surface area contributed by atoms with Gasteiger partial charge in [0.05, 0.1) is 24.8 Å². The third kappa shape index (κ3) is 4.50. The number of nitrogens with zero attached hydrogens (tertiary/aromatic N) is 2. The first-order valence-corrected chi connectivity index (χ1v) is 7.76. The second-order valence-electron chi connectivity index (χ2n) is 5.15. The highest BCUT2D eigenvalue weighted by molar-refractivity contribution is 5.94. The van der Waals surface area contributed by atoms with E-state index in [2.05, 4.69) is 0 Å². The average molecular weight is 324 g/mol. The molecule has 0 radical (unpaired) electrons. The second-order valence-corrected chi connectivity index (χ2v) is 5.15. The van der Waals surface area contributed by atoms with E-state index >= 15 is 0 Å². The zero-order valence-electron chi connectivity index (χ0n) is 13.9. The monoisotopic (exact) mass is 324 g/mol. The van der Waals surface area contributed by atoms with Crippen LogP contribution in [-0.4, -0.2) is 37.6 Å². The van der Waals surface area contributed by atoms with Crippen LogP contribution >= 0.6 is 0 Å². The summed E-state index contributed by atoms with van der Waals surface area (Å²) in [5.74, 6) is 1.20. The molecule has 124 valence electrons. The quantitative estimate of drug-likeness (QED) is 0.785. The zero-order valence-corrected chi connectivity index (χ0v) is 13.9. The molecule has 0 N–H and O–H groups in total. The molecule has 2 aromatic rings. The van der Waals surface area contributed by atoms with Crippen molar-refractivity contribution in [3.05, 3.63) is 59.7 Å². The van der Waals surface area contributed by atoms with Crippen LogP contribution < -0.4 is 9.47 Å². The molecule has 0 aromatic heterocycles. The van der Waals surface area contributed by atoms with E-state index in [0.29, 0.717) is 42.4 Å². The molecule has 0 unspecified atom stereocenters. The van der Waals surface area contributed by atoms with Crippen LogP contribution in [-0.2, 0) is 0 Å². The first-order valence-electron chi connectivity index (χ1n) is 7.76. The summed E-state index contributed by atoms with van der Waals surface area (Å²) in [6, 6.07) is 16.1. The molecule has 0 saturated heterocycles. The summed E-state index contributed by atoms with van der Waals surface area (Å²) in [5.41, 5.74) is 0.961. The molecular weight excluding hydrogens is 304 g/mol. The van der Waals surface area contributed by atoms with E-state index in [9.17, 15) is 4.79 Å². The minimum absolute atomic E-state index is 0.145. The lowest BCUT2D eigenvalue weighted by Crippen LogP contribution is -2.30. The molecule has 1 amide bonds. The summed E-state index contributed by atoms with van der Waals surface area (Å²) >= 11 is 0. The number of carbonyl (C=O) groups excluding carboxylic acids is 1. The van der Waals surface area contributed by atoms with Crippen molar-refractivity contribution in [1.82, 2.24) is 4.90 Å². The Balaban J connectivity index is 1.92. The number of benzene rings is 2.